The number of nitrogens with zero attached hydrogens (tertiary/aromatic N) is 1. The zero-order valence-corrected chi connectivity index (χ0v) is 11.0. The molecule has 1 aromatic rings. The van der Waals surface area contributed by atoms with Crippen LogP contribution < -0.4 is 15.2 Å². The Bertz CT molecular complexity index is 439. The molecule has 3 rings (SSSR count). The molecule has 0 amide bonds. The van der Waals surface area contributed by atoms with Crippen LogP contribution in [0.25, 0.3) is 0 Å². The second kappa shape index (κ2) is 5.77. The number of morpholine rings is 1. The number of fused-ring (bicyclic) bond motifs is 1. The first-order valence-electron chi connectivity index (χ1n) is 6.77. The lowest BCUT2D eigenvalue weighted by Crippen LogP contribution is -2.48. The molecule has 2 aliphatic rings. The molecule has 0 radical (unpaired) electrons. The zero-order valence-electron chi connectivity index (χ0n) is 11.0. The average molecular weight is 264 g/mol. The highest BCUT2D eigenvalue weighted by Crippen LogP contribution is 2.31. The van der Waals surface area contributed by atoms with Crippen molar-refractivity contribution in [3.63, 3.8) is 0 Å². The maximum Gasteiger partial charge on any atom is 0.161 e. The normalized spacial score (nSPS) is 23.3. The Balaban J connectivity index is 1.71. The van der Waals surface area contributed by atoms with Crippen LogP contribution in [-0.4, -0.2) is 50.5 Å². The molecule has 1 saturated heterocycles. The van der Waals surface area contributed by atoms with Crippen molar-refractivity contribution < 1.29 is 14.2 Å². The molecule has 19 heavy (non-hydrogen) atoms. The van der Waals surface area contributed by atoms with E-state index in [4.69, 9.17) is 19.9 Å². The monoisotopic (exact) mass is 264 g/mol. The first-order valence-corrected chi connectivity index (χ1v) is 6.77. The SMILES string of the molecule is NCC1COCCN1Cc1ccc2c(c1)OCCO2. The van der Waals surface area contributed by atoms with E-state index < -0.39 is 0 Å². The molecule has 5 nitrogen and oxygen atoms in total. The summed E-state index contributed by atoms with van der Waals surface area (Å²) >= 11 is 0. The minimum absolute atomic E-state index is 0.307. The molecule has 0 saturated carbocycles. The Morgan fingerprint density at radius 1 is 1.16 bits per heavy atom. The minimum atomic E-state index is 0.307. The zero-order chi connectivity index (χ0) is 13.1. The Morgan fingerprint density at radius 2 is 2.00 bits per heavy atom. The van der Waals surface area contributed by atoms with Gasteiger partial charge < -0.3 is 19.9 Å². The predicted octanol–water partition coefficient (Wildman–Crippen LogP) is 0.617. The van der Waals surface area contributed by atoms with Crippen molar-refractivity contribution in [2.75, 3.05) is 39.5 Å². The van der Waals surface area contributed by atoms with Gasteiger partial charge in [0.1, 0.15) is 13.2 Å². The van der Waals surface area contributed by atoms with Crippen molar-refractivity contribution in [1.82, 2.24) is 4.90 Å². The molecule has 1 aromatic carbocycles. The lowest BCUT2D eigenvalue weighted by molar-refractivity contribution is -0.00797. The van der Waals surface area contributed by atoms with Gasteiger partial charge in [0.15, 0.2) is 11.5 Å². The Morgan fingerprint density at radius 3 is 2.84 bits per heavy atom. The molecule has 2 heterocycles. The summed E-state index contributed by atoms with van der Waals surface area (Å²) in [6.07, 6.45) is 0. The predicted molar refractivity (Wildman–Crippen MR) is 71.5 cm³/mol. The van der Waals surface area contributed by atoms with E-state index >= 15 is 0 Å². The number of benzene rings is 1. The highest BCUT2D eigenvalue weighted by atomic mass is 16.6. The van der Waals surface area contributed by atoms with Gasteiger partial charge in [0, 0.05) is 25.7 Å². The van der Waals surface area contributed by atoms with Crippen LogP contribution in [0.1, 0.15) is 5.56 Å². The van der Waals surface area contributed by atoms with Crippen LogP contribution in [0.5, 0.6) is 11.5 Å². The summed E-state index contributed by atoms with van der Waals surface area (Å²) in [7, 11) is 0. The molecule has 1 fully saturated rings. The highest BCUT2D eigenvalue weighted by molar-refractivity contribution is 5.43. The Hall–Kier alpha value is -1.30. The van der Waals surface area contributed by atoms with E-state index in [1.54, 1.807) is 0 Å². The fourth-order valence-corrected chi connectivity index (χ4v) is 2.54. The fourth-order valence-electron chi connectivity index (χ4n) is 2.54. The maximum atomic E-state index is 5.79. The fraction of sp³-hybridized carbons (Fsp3) is 0.571. The molecule has 1 unspecified atom stereocenters. The van der Waals surface area contributed by atoms with Crippen LogP contribution in [0.3, 0.4) is 0 Å². The first-order chi connectivity index (χ1) is 9.36. The lowest BCUT2D eigenvalue weighted by Gasteiger charge is -2.35. The molecule has 0 bridgehead atoms. The van der Waals surface area contributed by atoms with Gasteiger partial charge in [0.2, 0.25) is 0 Å². The van der Waals surface area contributed by atoms with Crippen LogP contribution >= 0.6 is 0 Å². The summed E-state index contributed by atoms with van der Waals surface area (Å²) < 4.78 is 16.6. The van der Waals surface area contributed by atoms with Gasteiger partial charge in [-0.3, -0.25) is 4.90 Å². The Labute approximate surface area is 113 Å². The minimum Gasteiger partial charge on any atom is -0.486 e. The number of nitrogens with two attached hydrogens (primary N) is 1. The van der Waals surface area contributed by atoms with Gasteiger partial charge in [-0.05, 0) is 17.7 Å². The third kappa shape index (κ3) is 2.83. The van der Waals surface area contributed by atoms with Gasteiger partial charge in [-0.25, -0.2) is 0 Å². The summed E-state index contributed by atoms with van der Waals surface area (Å²) in [5.41, 5.74) is 7.02. The largest absolute Gasteiger partial charge is 0.486 e. The smallest absolute Gasteiger partial charge is 0.161 e. The summed E-state index contributed by atoms with van der Waals surface area (Å²) in [5, 5.41) is 0. The molecule has 0 aromatic heterocycles. The van der Waals surface area contributed by atoms with E-state index in [-0.39, 0.29) is 0 Å². The summed E-state index contributed by atoms with van der Waals surface area (Å²) in [4.78, 5) is 2.37. The molecular formula is C14H20N2O3. The average Bonchev–Trinajstić information content (AvgIpc) is 2.48. The summed E-state index contributed by atoms with van der Waals surface area (Å²) in [6.45, 7) is 5.19. The standard InChI is InChI=1S/C14H20N2O3/c15-8-12-10-17-4-3-16(12)9-11-1-2-13-14(7-11)19-6-5-18-13/h1-2,7,12H,3-6,8-10,15H2. The number of ether oxygens (including phenoxy) is 3. The van der Waals surface area contributed by atoms with Gasteiger partial charge in [0.25, 0.3) is 0 Å². The van der Waals surface area contributed by atoms with Gasteiger partial charge in [0.05, 0.1) is 13.2 Å². The van der Waals surface area contributed by atoms with Gasteiger partial charge in [-0.2, -0.15) is 0 Å². The molecule has 0 spiro atoms. The molecule has 1 atom stereocenters. The maximum absolute atomic E-state index is 5.79. The van der Waals surface area contributed by atoms with Crippen molar-refractivity contribution >= 4 is 0 Å². The van der Waals surface area contributed by atoms with Crippen molar-refractivity contribution in [3.05, 3.63) is 23.8 Å². The molecule has 104 valence electrons. The number of hydrogen-bond donors (Lipinski definition) is 1. The van der Waals surface area contributed by atoms with Crippen molar-refractivity contribution in [1.29, 1.82) is 0 Å². The van der Waals surface area contributed by atoms with E-state index in [1.165, 1.54) is 5.56 Å². The topological polar surface area (TPSA) is 57.0 Å². The number of rotatable bonds is 3. The highest BCUT2D eigenvalue weighted by Gasteiger charge is 2.22. The van der Waals surface area contributed by atoms with Crippen molar-refractivity contribution in [3.8, 4) is 11.5 Å². The summed E-state index contributed by atoms with van der Waals surface area (Å²) in [5.74, 6) is 1.69. The van der Waals surface area contributed by atoms with Gasteiger partial charge in [-0.15, -0.1) is 0 Å². The third-order valence-electron chi connectivity index (χ3n) is 3.61. The molecular weight excluding hydrogens is 244 g/mol. The van der Waals surface area contributed by atoms with E-state index in [1.807, 2.05) is 6.07 Å². The number of hydrogen-bond acceptors (Lipinski definition) is 5. The van der Waals surface area contributed by atoms with E-state index in [0.29, 0.717) is 25.8 Å². The third-order valence-corrected chi connectivity index (χ3v) is 3.61. The molecule has 5 heteroatoms. The Kier molecular flexibility index (Phi) is 3.87. The van der Waals surface area contributed by atoms with Crippen LogP contribution in [0.15, 0.2) is 18.2 Å². The van der Waals surface area contributed by atoms with E-state index in [2.05, 4.69) is 17.0 Å². The van der Waals surface area contributed by atoms with Gasteiger partial charge in [-0.1, -0.05) is 6.07 Å². The van der Waals surface area contributed by atoms with Crippen molar-refractivity contribution in [2.45, 2.75) is 12.6 Å². The summed E-state index contributed by atoms with van der Waals surface area (Å²) in [6, 6.07) is 6.46. The van der Waals surface area contributed by atoms with Crippen LogP contribution in [0.4, 0.5) is 0 Å². The van der Waals surface area contributed by atoms with Gasteiger partial charge >= 0.3 is 0 Å². The van der Waals surface area contributed by atoms with E-state index in [0.717, 1.165) is 37.8 Å². The molecule has 0 aliphatic carbocycles. The lowest BCUT2D eigenvalue weighted by atomic mass is 10.1. The molecule has 2 aliphatic heterocycles. The van der Waals surface area contributed by atoms with Crippen molar-refractivity contribution in [2.24, 2.45) is 5.73 Å². The van der Waals surface area contributed by atoms with Crippen LogP contribution in [-0.2, 0) is 11.3 Å². The first kappa shape index (κ1) is 12.7. The molecule has 2 N–H and O–H groups in total. The second-order valence-electron chi connectivity index (χ2n) is 4.91. The second-order valence-corrected chi connectivity index (χ2v) is 4.91. The van der Waals surface area contributed by atoms with E-state index in [9.17, 15) is 0 Å². The van der Waals surface area contributed by atoms with Crippen LogP contribution in [0.2, 0.25) is 0 Å². The quantitative estimate of drug-likeness (QED) is 0.867. The van der Waals surface area contributed by atoms with Crippen LogP contribution in [0, 0.1) is 0 Å².